The number of carbonyl (C=O) groups is 2. The number of hydrazine groups is 1. The first-order valence-electron chi connectivity index (χ1n) is 4.39. The topological polar surface area (TPSA) is 49.9 Å². The molecule has 0 atom stereocenters. The molecule has 0 aromatic carbocycles. The maximum absolute atomic E-state index is 11.5. The maximum atomic E-state index is 11.5. The fourth-order valence-corrected chi connectivity index (χ4v) is 0.786. The zero-order valence-electron chi connectivity index (χ0n) is 9.40. The van der Waals surface area contributed by atoms with Crippen molar-refractivity contribution >= 4 is 12.4 Å². The molecule has 1 amide bonds. The number of nitrogens with zero attached hydrogens (tertiary/aromatic N) is 2. The molecule has 0 aliphatic heterocycles. The van der Waals surface area contributed by atoms with E-state index in [1.165, 1.54) is 10.0 Å². The summed E-state index contributed by atoms with van der Waals surface area (Å²) in [6.45, 7) is 5.33. The van der Waals surface area contributed by atoms with Crippen LogP contribution in [0, 0.1) is 0 Å². The van der Waals surface area contributed by atoms with Crippen molar-refractivity contribution in [3.8, 4) is 0 Å². The van der Waals surface area contributed by atoms with E-state index in [1.807, 2.05) is 0 Å². The molecule has 0 radical (unpaired) electrons. The van der Waals surface area contributed by atoms with E-state index in [-0.39, 0.29) is 6.54 Å². The summed E-state index contributed by atoms with van der Waals surface area (Å²) in [6.07, 6.45) is 0.138. The Morgan fingerprint density at radius 2 is 1.86 bits per heavy atom. The second-order valence-corrected chi connectivity index (χ2v) is 4.08. The SMILES string of the molecule is CN(C)N(CC=O)C(=O)OC(C)(C)C. The van der Waals surface area contributed by atoms with Gasteiger partial charge < -0.3 is 9.53 Å². The molecule has 0 saturated carbocycles. The average molecular weight is 202 g/mol. The van der Waals surface area contributed by atoms with Gasteiger partial charge in [0, 0.05) is 14.1 Å². The predicted molar refractivity (Wildman–Crippen MR) is 52.7 cm³/mol. The largest absolute Gasteiger partial charge is 0.443 e. The van der Waals surface area contributed by atoms with E-state index in [4.69, 9.17) is 4.74 Å². The Morgan fingerprint density at radius 1 is 1.36 bits per heavy atom. The van der Waals surface area contributed by atoms with E-state index in [1.54, 1.807) is 34.9 Å². The van der Waals surface area contributed by atoms with Crippen LogP contribution in [0.5, 0.6) is 0 Å². The summed E-state index contributed by atoms with van der Waals surface area (Å²) < 4.78 is 5.10. The van der Waals surface area contributed by atoms with Crippen LogP contribution < -0.4 is 0 Å². The Hall–Kier alpha value is -1.10. The van der Waals surface area contributed by atoms with Crippen LogP contribution in [0.1, 0.15) is 20.8 Å². The van der Waals surface area contributed by atoms with Crippen LogP contribution in [-0.4, -0.2) is 48.6 Å². The lowest BCUT2D eigenvalue weighted by Crippen LogP contribution is -2.45. The molecule has 0 rings (SSSR count). The van der Waals surface area contributed by atoms with Crippen molar-refractivity contribution in [1.29, 1.82) is 0 Å². The Morgan fingerprint density at radius 3 is 2.14 bits per heavy atom. The van der Waals surface area contributed by atoms with E-state index in [2.05, 4.69) is 0 Å². The second-order valence-electron chi connectivity index (χ2n) is 4.08. The van der Waals surface area contributed by atoms with Gasteiger partial charge in [-0.3, -0.25) is 0 Å². The molecule has 0 heterocycles. The van der Waals surface area contributed by atoms with Gasteiger partial charge in [-0.2, -0.15) is 0 Å². The molecule has 0 aliphatic rings. The molecule has 0 bridgehead atoms. The monoisotopic (exact) mass is 202 g/mol. The maximum Gasteiger partial charge on any atom is 0.425 e. The minimum absolute atomic E-state index is 0.00190. The highest BCUT2D eigenvalue weighted by Gasteiger charge is 2.22. The molecule has 0 aromatic heterocycles. The highest BCUT2D eigenvalue weighted by atomic mass is 16.6. The van der Waals surface area contributed by atoms with Crippen LogP contribution in [0.3, 0.4) is 0 Å². The van der Waals surface area contributed by atoms with Gasteiger partial charge in [0.2, 0.25) is 0 Å². The number of amides is 1. The summed E-state index contributed by atoms with van der Waals surface area (Å²) in [4.78, 5) is 21.8. The van der Waals surface area contributed by atoms with Gasteiger partial charge >= 0.3 is 6.09 Å². The van der Waals surface area contributed by atoms with Crippen LogP contribution in [0.2, 0.25) is 0 Å². The first-order chi connectivity index (χ1) is 6.28. The molecule has 0 N–H and O–H groups in total. The van der Waals surface area contributed by atoms with Crippen LogP contribution in [0.25, 0.3) is 0 Å². The van der Waals surface area contributed by atoms with Crippen LogP contribution in [0.15, 0.2) is 0 Å². The molecule has 14 heavy (non-hydrogen) atoms. The Kier molecular flexibility index (Phi) is 4.56. The normalized spacial score (nSPS) is 11.3. The lowest BCUT2D eigenvalue weighted by Gasteiger charge is -2.29. The molecule has 5 nitrogen and oxygen atoms in total. The van der Waals surface area contributed by atoms with Crippen molar-refractivity contribution in [3.63, 3.8) is 0 Å². The number of ether oxygens (including phenoxy) is 1. The van der Waals surface area contributed by atoms with Crippen molar-refractivity contribution in [2.24, 2.45) is 0 Å². The summed E-state index contributed by atoms with van der Waals surface area (Å²) in [5.41, 5.74) is -0.547. The summed E-state index contributed by atoms with van der Waals surface area (Å²) in [5.74, 6) is 0. The fourth-order valence-electron chi connectivity index (χ4n) is 0.786. The van der Waals surface area contributed by atoms with Crippen LogP contribution in [-0.2, 0) is 9.53 Å². The van der Waals surface area contributed by atoms with Crippen molar-refractivity contribution < 1.29 is 14.3 Å². The van der Waals surface area contributed by atoms with Gasteiger partial charge in [0.1, 0.15) is 11.9 Å². The smallest absolute Gasteiger partial charge is 0.425 e. The first-order valence-corrected chi connectivity index (χ1v) is 4.39. The van der Waals surface area contributed by atoms with Crippen molar-refractivity contribution in [2.75, 3.05) is 20.6 Å². The molecule has 0 saturated heterocycles. The number of aldehydes is 1. The standard InChI is InChI=1S/C9H18N2O3/c1-9(2,3)14-8(13)11(6-7-12)10(4)5/h7H,6H2,1-5H3. The lowest BCUT2D eigenvalue weighted by molar-refractivity contribution is -0.112. The summed E-state index contributed by atoms with van der Waals surface area (Å²) >= 11 is 0. The third kappa shape index (κ3) is 4.81. The van der Waals surface area contributed by atoms with E-state index in [0.29, 0.717) is 6.29 Å². The number of hydrogen-bond donors (Lipinski definition) is 0. The number of hydrogen-bond acceptors (Lipinski definition) is 4. The minimum atomic E-state index is -0.547. The Bertz CT molecular complexity index is 209. The number of carbonyl (C=O) groups excluding carboxylic acids is 2. The Balaban J connectivity index is 4.37. The van der Waals surface area contributed by atoms with Crippen LogP contribution in [0.4, 0.5) is 4.79 Å². The molecule has 5 heteroatoms. The molecule has 0 fully saturated rings. The second kappa shape index (κ2) is 4.95. The summed E-state index contributed by atoms with van der Waals surface area (Å²) in [6, 6.07) is 0. The first kappa shape index (κ1) is 12.9. The minimum Gasteiger partial charge on any atom is -0.443 e. The predicted octanol–water partition coefficient (Wildman–Crippen LogP) is 0.899. The van der Waals surface area contributed by atoms with E-state index in [9.17, 15) is 9.59 Å². The summed E-state index contributed by atoms with van der Waals surface area (Å²) in [7, 11) is 3.35. The zero-order valence-corrected chi connectivity index (χ0v) is 9.40. The highest BCUT2D eigenvalue weighted by molar-refractivity contribution is 5.71. The van der Waals surface area contributed by atoms with Crippen molar-refractivity contribution in [3.05, 3.63) is 0 Å². The molecule has 0 unspecified atom stereocenters. The van der Waals surface area contributed by atoms with E-state index >= 15 is 0 Å². The number of rotatable bonds is 3. The quantitative estimate of drug-likeness (QED) is 0.504. The van der Waals surface area contributed by atoms with Crippen molar-refractivity contribution in [1.82, 2.24) is 10.0 Å². The summed E-state index contributed by atoms with van der Waals surface area (Å²) in [5, 5.41) is 2.74. The van der Waals surface area contributed by atoms with Gasteiger partial charge in [0.05, 0.1) is 6.54 Å². The third-order valence-corrected chi connectivity index (χ3v) is 1.33. The van der Waals surface area contributed by atoms with Gasteiger partial charge in [0.25, 0.3) is 0 Å². The molecule has 0 spiro atoms. The molecule has 0 aliphatic carbocycles. The van der Waals surface area contributed by atoms with E-state index in [0.717, 1.165) is 0 Å². The average Bonchev–Trinajstić information content (AvgIpc) is 1.95. The lowest BCUT2D eigenvalue weighted by atomic mass is 10.2. The molecule has 0 aromatic rings. The van der Waals surface area contributed by atoms with E-state index < -0.39 is 11.7 Å². The van der Waals surface area contributed by atoms with Crippen LogP contribution >= 0.6 is 0 Å². The fraction of sp³-hybridized carbons (Fsp3) is 0.778. The zero-order chi connectivity index (χ0) is 11.4. The third-order valence-electron chi connectivity index (χ3n) is 1.33. The molecular weight excluding hydrogens is 184 g/mol. The van der Waals surface area contributed by atoms with Gasteiger partial charge in [-0.1, -0.05) is 0 Å². The van der Waals surface area contributed by atoms with Crippen molar-refractivity contribution in [2.45, 2.75) is 26.4 Å². The molecule has 82 valence electrons. The van der Waals surface area contributed by atoms with Gasteiger partial charge in [-0.05, 0) is 20.8 Å². The van der Waals surface area contributed by atoms with Gasteiger partial charge in [-0.15, -0.1) is 0 Å². The van der Waals surface area contributed by atoms with Gasteiger partial charge in [-0.25, -0.2) is 14.8 Å². The Labute approximate surface area is 84.6 Å². The highest BCUT2D eigenvalue weighted by Crippen LogP contribution is 2.09. The van der Waals surface area contributed by atoms with Gasteiger partial charge in [0.15, 0.2) is 0 Å². The molecular formula is C9H18N2O3.